The Kier molecular flexibility index (Phi) is 7.40. The lowest BCUT2D eigenvalue weighted by Crippen LogP contribution is -2.49. The highest BCUT2D eigenvalue weighted by Crippen LogP contribution is 2.43. The van der Waals surface area contributed by atoms with E-state index >= 15 is 0 Å². The molecule has 9 nitrogen and oxygen atoms in total. The van der Waals surface area contributed by atoms with Gasteiger partial charge in [0.15, 0.2) is 0 Å². The molecule has 1 aliphatic carbocycles. The van der Waals surface area contributed by atoms with Gasteiger partial charge in [-0.3, -0.25) is 28.9 Å². The molecule has 3 aliphatic rings. The predicted molar refractivity (Wildman–Crippen MR) is 169 cm³/mol. The van der Waals surface area contributed by atoms with Crippen LogP contribution in [0, 0.1) is 11.7 Å². The van der Waals surface area contributed by atoms with Crippen LogP contribution < -0.4 is 15.1 Å². The predicted octanol–water partition coefficient (Wildman–Crippen LogP) is 5.42. The maximum absolute atomic E-state index is 14.1. The lowest BCUT2D eigenvalue weighted by Gasteiger charge is -2.31. The molecule has 0 radical (unpaired) electrons. The molecule has 230 valence electrons. The number of para-hydroxylation sites is 2. The fourth-order valence-electron chi connectivity index (χ4n) is 6.69. The average molecular weight is 617 g/mol. The molecule has 7 rings (SSSR count). The highest BCUT2D eigenvalue weighted by Gasteiger charge is 2.47. The molecule has 1 N–H and O–H groups in total. The summed E-state index contributed by atoms with van der Waals surface area (Å²) in [5.41, 5.74) is 3.34. The zero-order valence-electron chi connectivity index (χ0n) is 24.7. The molecule has 46 heavy (non-hydrogen) atoms. The number of halogens is 1. The maximum Gasteiger partial charge on any atom is 0.262 e. The molecule has 0 unspecified atom stereocenters. The molecule has 2 atom stereocenters. The van der Waals surface area contributed by atoms with E-state index in [9.17, 15) is 28.4 Å². The van der Waals surface area contributed by atoms with Crippen molar-refractivity contribution in [1.82, 2.24) is 4.90 Å². The second-order valence-corrected chi connectivity index (χ2v) is 11.7. The average Bonchev–Trinajstić information content (AvgIpc) is 3.62. The summed E-state index contributed by atoms with van der Waals surface area (Å²) >= 11 is 0. The number of nitrogens with zero attached hydrogens (tertiary/aromatic N) is 3. The zero-order valence-corrected chi connectivity index (χ0v) is 24.7. The van der Waals surface area contributed by atoms with Crippen LogP contribution in [0.15, 0.2) is 97.1 Å². The van der Waals surface area contributed by atoms with Crippen LogP contribution in [0.5, 0.6) is 0 Å². The number of anilines is 3. The zero-order chi connectivity index (χ0) is 31.9. The number of nitrogens with one attached hydrogen (secondary N) is 1. The van der Waals surface area contributed by atoms with E-state index in [1.54, 1.807) is 70.5 Å². The topological polar surface area (TPSA) is 107 Å². The monoisotopic (exact) mass is 616 g/mol. The summed E-state index contributed by atoms with van der Waals surface area (Å²) in [5.74, 6) is -2.78. The number of carbonyl (C=O) groups is 5. The summed E-state index contributed by atoms with van der Waals surface area (Å²) in [6, 6.07) is 25.7. The van der Waals surface area contributed by atoms with Crippen molar-refractivity contribution in [3.63, 3.8) is 0 Å². The first-order valence-electron chi connectivity index (χ1n) is 15.1. The Labute approximate surface area is 264 Å². The van der Waals surface area contributed by atoms with Crippen molar-refractivity contribution in [2.24, 2.45) is 5.92 Å². The van der Waals surface area contributed by atoms with Crippen LogP contribution in [0.3, 0.4) is 0 Å². The molecular weight excluding hydrogens is 587 g/mol. The quantitative estimate of drug-likeness (QED) is 0.291. The SMILES string of the molecule is O=C(Nc1ccc(CN2C(=O)[C@H]3CCC[C@H]3N(C(=O)CN3C(=O)c4ccccc4C3=O)c3ccccc32)cc1)c1ccc(F)cc1. The number of fused-ring (bicyclic) bond motifs is 3. The smallest absolute Gasteiger partial charge is 0.262 e. The van der Waals surface area contributed by atoms with E-state index in [2.05, 4.69) is 5.32 Å². The van der Waals surface area contributed by atoms with Crippen molar-refractivity contribution < 1.29 is 28.4 Å². The first-order valence-corrected chi connectivity index (χ1v) is 15.1. The van der Waals surface area contributed by atoms with Gasteiger partial charge in [-0.05, 0) is 79.1 Å². The molecule has 0 saturated heterocycles. The van der Waals surface area contributed by atoms with Crippen molar-refractivity contribution in [2.45, 2.75) is 31.8 Å². The largest absolute Gasteiger partial charge is 0.322 e. The summed E-state index contributed by atoms with van der Waals surface area (Å²) in [5, 5.41) is 2.80. The van der Waals surface area contributed by atoms with Gasteiger partial charge in [-0.25, -0.2) is 4.39 Å². The fraction of sp³-hybridized carbons (Fsp3) is 0.194. The van der Waals surface area contributed by atoms with Crippen molar-refractivity contribution in [2.75, 3.05) is 21.7 Å². The molecule has 0 aromatic heterocycles. The van der Waals surface area contributed by atoms with Gasteiger partial charge in [0.25, 0.3) is 17.7 Å². The van der Waals surface area contributed by atoms with E-state index in [-0.39, 0.29) is 29.5 Å². The summed E-state index contributed by atoms with van der Waals surface area (Å²) < 4.78 is 13.2. The second-order valence-electron chi connectivity index (χ2n) is 11.7. The highest BCUT2D eigenvalue weighted by atomic mass is 19.1. The normalized spacial score (nSPS) is 18.6. The summed E-state index contributed by atoms with van der Waals surface area (Å²) in [4.78, 5) is 71.2. The number of imide groups is 1. The van der Waals surface area contributed by atoms with Gasteiger partial charge < -0.3 is 15.1 Å². The second kappa shape index (κ2) is 11.7. The fourth-order valence-corrected chi connectivity index (χ4v) is 6.69. The third-order valence-corrected chi connectivity index (χ3v) is 8.93. The van der Waals surface area contributed by atoms with Crippen LogP contribution in [0.2, 0.25) is 0 Å². The number of hydrogen-bond acceptors (Lipinski definition) is 5. The minimum Gasteiger partial charge on any atom is -0.322 e. The third-order valence-electron chi connectivity index (χ3n) is 8.93. The van der Waals surface area contributed by atoms with E-state index in [4.69, 9.17) is 0 Å². The van der Waals surface area contributed by atoms with Gasteiger partial charge in [-0.1, -0.05) is 42.8 Å². The van der Waals surface area contributed by atoms with Crippen molar-refractivity contribution >= 4 is 46.6 Å². The van der Waals surface area contributed by atoms with Gasteiger partial charge in [-0.15, -0.1) is 0 Å². The number of hydrogen-bond donors (Lipinski definition) is 1. The van der Waals surface area contributed by atoms with E-state index < -0.39 is 42.0 Å². The summed E-state index contributed by atoms with van der Waals surface area (Å²) in [7, 11) is 0. The Morgan fingerprint density at radius 3 is 2.04 bits per heavy atom. The maximum atomic E-state index is 14.1. The molecule has 0 bridgehead atoms. The summed E-state index contributed by atoms with van der Waals surface area (Å²) in [6.45, 7) is -0.200. The van der Waals surface area contributed by atoms with Crippen LogP contribution in [-0.2, 0) is 16.1 Å². The van der Waals surface area contributed by atoms with Crippen molar-refractivity contribution in [1.29, 1.82) is 0 Å². The first-order chi connectivity index (χ1) is 22.3. The standard InChI is InChI=1S/C36H29FN4O5/c37-24-16-14-23(15-17-24)33(43)38-25-18-12-22(13-19-25)20-39-30-9-3-4-10-31(30)41(29-11-5-8-28(29)36(39)46)32(42)21-40-34(44)26-6-1-2-7-27(26)35(40)45/h1-4,6-7,9-10,12-19,28-29H,5,8,11,20-21H2,(H,38,43)/t28-,29+/m0/s1. The summed E-state index contributed by atoms with van der Waals surface area (Å²) in [6.07, 6.45) is 1.99. The molecule has 0 spiro atoms. The van der Waals surface area contributed by atoms with Crippen LogP contribution in [-0.4, -0.2) is 47.0 Å². The Bertz CT molecular complexity index is 1860. The molecule has 4 aromatic carbocycles. The molecule has 2 heterocycles. The van der Waals surface area contributed by atoms with Gasteiger partial charge in [0, 0.05) is 17.3 Å². The van der Waals surface area contributed by atoms with Crippen molar-refractivity contribution in [3.8, 4) is 0 Å². The van der Waals surface area contributed by atoms with Gasteiger partial charge >= 0.3 is 0 Å². The van der Waals surface area contributed by atoms with E-state index in [0.717, 1.165) is 16.9 Å². The lowest BCUT2D eigenvalue weighted by atomic mass is 10.0. The minimum atomic E-state index is -0.505. The van der Waals surface area contributed by atoms with Crippen LogP contribution >= 0.6 is 0 Å². The van der Waals surface area contributed by atoms with Gasteiger partial charge in [0.1, 0.15) is 12.4 Å². The highest BCUT2D eigenvalue weighted by molar-refractivity contribution is 6.23. The Hall–Kier alpha value is -5.64. The van der Waals surface area contributed by atoms with Crippen LogP contribution in [0.1, 0.15) is 55.9 Å². The lowest BCUT2D eigenvalue weighted by molar-refractivity contribution is -0.123. The Balaban J connectivity index is 1.14. The Morgan fingerprint density at radius 1 is 0.739 bits per heavy atom. The van der Waals surface area contributed by atoms with Gasteiger partial charge in [-0.2, -0.15) is 0 Å². The minimum absolute atomic E-state index is 0.0975. The van der Waals surface area contributed by atoms with E-state index in [1.807, 2.05) is 12.1 Å². The van der Waals surface area contributed by atoms with E-state index in [1.165, 1.54) is 24.3 Å². The molecule has 1 saturated carbocycles. The number of rotatable bonds is 6. The van der Waals surface area contributed by atoms with Crippen LogP contribution in [0.25, 0.3) is 0 Å². The molecule has 5 amide bonds. The van der Waals surface area contributed by atoms with Crippen molar-refractivity contribution in [3.05, 3.63) is 125 Å². The van der Waals surface area contributed by atoms with Gasteiger partial charge in [0.05, 0.1) is 35.0 Å². The number of benzene rings is 4. The van der Waals surface area contributed by atoms with Gasteiger partial charge in [0.2, 0.25) is 11.8 Å². The molecule has 10 heteroatoms. The molecule has 4 aromatic rings. The molecular formula is C36H29FN4O5. The number of amides is 5. The van der Waals surface area contributed by atoms with Crippen LogP contribution in [0.4, 0.5) is 21.5 Å². The van der Waals surface area contributed by atoms with E-state index in [0.29, 0.717) is 35.5 Å². The molecule has 2 aliphatic heterocycles. The first kappa shape index (κ1) is 29.1. The third kappa shape index (κ3) is 5.11. The number of carbonyl (C=O) groups excluding carboxylic acids is 5. The molecule has 1 fully saturated rings. The Morgan fingerprint density at radius 2 is 1.37 bits per heavy atom.